The molecule has 0 fully saturated rings. The number of halogens is 3. The van der Waals surface area contributed by atoms with E-state index < -0.39 is 6.30 Å². The van der Waals surface area contributed by atoms with Gasteiger partial charge in [0.1, 0.15) is 0 Å². The van der Waals surface area contributed by atoms with Crippen molar-refractivity contribution in [2.75, 3.05) is 12.3 Å². The van der Waals surface area contributed by atoms with Crippen molar-refractivity contribution in [3.8, 4) is 0 Å². The van der Waals surface area contributed by atoms with E-state index >= 15 is 0 Å². The summed E-state index contributed by atoms with van der Waals surface area (Å²) in [5.74, 6) is 0.468. The van der Waals surface area contributed by atoms with Crippen LogP contribution in [-0.2, 0) is 0 Å². The van der Waals surface area contributed by atoms with Crippen LogP contribution in [0.25, 0.3) is 0 Å². The zero-order valence-electron chi connectivity index (χ0n) is 10.9. The molecule has 0 bridgehead atoms. The van der Waals surface area contributed by atoms with Gasteiger partial charge in [0.15, 0.2) is 0 Å². The summed E-state index contributed by atoms with van der Waals surface area (Å²) in [5.41, 5.74) is 0. The molecule has 0 saturated carbocycles. The molecule has 0 aromatic carbocycles. The van der Waals surface area contributed by atoms with E-state index in [0.29, 0.717) is 16.5 Å². The first-order valence-corrected chi connectivity index (χ1v) is 7.43. The van der Waals surface area contributed by atoms with Crippen molar-refractivity contribution in [2.24, 2.45) is 0 Å². The van der Waals surface area contributed by atoms with Crippen molar-refractivity contribution in [3.05, 3.63) is 0 Å². The van der Waals surface area contributed by atoms with Gasteiger partial charge in [0.05, 0.1) is 0 Å². The molecule has 5 heteroatoms. The van der Waals surface area contributed by atoms with E-state index in [1.807, 2.05) is 0 Å². The lowest BCUT2D eigenvalue weighted by Gasteiger charge is -2.22. The Morgan fingerprint density at radius 3 is 1.88 bits per heavy atom. The molecule has 0 spiro atoms. The highest BCUT2D eigenvalue weighted by Gasteiger charge is 2.36. The summed E-state index contributed by atoms with van der Waals surface area (Å²) in [6.45, 7) is 4.02. The SMILES string of the molecule is CCCCCCCCCN(SCC)C(F)(F)F. The van der Waals surface area contributed by atoms with E-state index in [4.69, 9.17) is 0 Å². The first kappa shape index (κ1) is 17.1. The highest BCUT2D eigenvalue weighted by molar-refractivity contribution is 7.97. The van der Waals surface area contributed by atoms with Crippen molar-refractivity contribution in [1.82, 2.24) is 4.31 Å². The van der Waals surface area contributed by atoms with Gasteiger partial charge in [0.2, 0.25) is 0 Å². The van der Waals surface area contributed by atoms with Crippen LogP contribution in [0, 0.1) is 0 Å². The van der Waals surface area contributed by atoms with Gasteiger partial charge in [-0.1, -0.05) is 64.3 Å². The molecule has 1 nitrogen and oxygen atoms in total. The molecule has 0 aromatic heterocycles. The van der Waals surface area contributed by atoms with Crippen LogP contribution in [0.3, 0.4) is 0 Å². The van der Waals surface area contributed by atoms with Gasteiger partial charge in [-0.3, -0.25) is 0 Å². The molecule has 0 amide bonds. The topological polar surface area (TPSA) is 3.24 Å². The Labute approximate surface area is 107 Å². The molecule has 0 aliphatic heterocycles. The van der Waals surface area contributed by atoms with E-state index in [1.54, 1.807) is 6.92 Å². The largest absolute Gasteiger partial charge is 0.469 e. The number of nitrogens with zero attached hydrogens (tertiary/aromatic N) is 1. The van der Waals surface area contributed by atoms with Crippen LogP contribution in [0.15, 0.2) is 0 Å². The summed E-state index contributed by atoms with van der Waals surface area (Å²) in [6, 6.07) is 0. The van der Waals surface area contributed by atoms with E-state index in [1.165, 1.54) is 19.3 Å². The van der Waals surface area contributed by atoms with Gasteiger partial charge >= 0.3 is 6.30 Å². The van der Waals surface area contributed by atoms with E-state index in [-0.39, 0.29) is 6.54 Å². The normalized spacial score (nSPS) is 12.4. The molecule has 0 aromatic rings. The molecule has 0 atom stereocenters. The lowest BCUT2D eigenvalue weighted by Crippen LogP contribution is -2.33. The second-order valence-electron chi connectivity index (χ2n) is 4.11. The lowest BCUT2D eigenvalue weighted by atomic mass is 10.1. The third-order valence-electron chi connectivity index (χ3n) is 2.53. The third kappa shape index (κ3) is 9.77. The molecular weight excluding hydrogens is 247 g/mol. The van der Waals surface area contributed by atoms with Crippen molar-refractivity contribution >= 4 is 11.9 Å². The Morgan fingerprint density at radius 2 is 1.41 bits per heavy atom. The fourth-order valence-electron chi connectivity index (χ4n) is 1.63. The average Bonchev–Trinajstić information content (AvgIpc) is 2.25. The second-order valence-corrected chi connectivity index (χ2v) is 5.39. The van der Waals surface area contributed by atoms with Gasteiger partial charge in [-0.25, -0.2) is 0 Å². The monoisotopic (exact) mass is 271 g/mol. The zero-order valence-corrected chi connectivity index (χ0v) is 11.7. The number of hydrogen-bond donors (Lipinski definition) is 0. The number of unbranched alkanes of at least 4 members (excludes halogenated alkanes) is 6. The predicted octanol–water partition coefficient (Wildman–Crippen LogP) is 5.23. The highest BCUT2D eigenvalue weighted by Crippen LogP contribution is 2.28. The number of hydrogen-bond acceptors (Lipinski definition) is 2. The van der Waals surface area contributed by atoms with Crippen LogP contribution in [0.4, 0.5) is 13.2 Å². The molecule has 104 valence electrons. The molecule has 0 saturated heterocycles. The Bertz CT molecular complexity index is 174. The Morgan fingerprint density at radius 1 is 0.882 bits per heavy atom. The van der Waals surface area contributed by atoms with Crippen LogP contribution in [0.5, 0.6) is 0 Å². The standard InChI is InChI=1S/C12H24F3NS/c1-3-5-6-7-8-9-10-11-16(17-4-2)12(13,14)15/h3-11H2,1-2H3. The van der Waals surface area contributed by atoms with Gasteiger partial charge in [0.25, 0.3) is 0 Å². The smallest absolute Gasteiger partial charge is 0.159 e. The summed E-state index contributed by atoms with van der Waals surface area (Å²) in [5, 5.41) is 0. The minimum atomic E-state index is -4.19. The van der Waals surface area contributed by atoms with Gasteiger partial charge < -0.3 is 0 Å². The molecule has 0 rings (SSSR count). The molecule has 0 aliphatic rings. The van der Waals surface area contributed by atoms with Gasteiger partial charge in [-0.05, 0) is 6.42 Å². The van der Waals surface area contributed by atoms with Crippen LogP contribution in [0.1, 0.15) is 58.8 Å². The first-order valence-electron chi connectivity index (χ1n) is 6.49. The fraction of sp³-hybridized carbons (Fsp3) is 1.00. The summed E-state index contributed by atoms with van der Waals surface area (Å²) in [4.78, 5) is 0. The molecular formula is C12H24F3NS. The van der Waals surface area contributed by atoms with Crippen molar-refractivity contribution in [3.63, 3.8) is 0 Å². The number of alkyl halides is 3. The Balaban J connectivity index is 3.55. The molecule has 0 radical (unpaired) electrons. The lowest BCUT2D eigenvalue weighted by molar-refractivity contribution is -0.206. The van der Waals surface area contributed by atoms with E-state index in [9.17, 15) is 13.2 Å². The van der Waals surface area contributed by atoms with Crippen molar-refractivity contribution in [2.45, 2.75) is 65.1 Å². The van der Waals surface area contributed by atoms with Crippen molar-refractivity contribution < 1.29 is 13.2 Å². The maximum Gasteiger partial charge on any atom is 0.469 e. The zero-order chi connectivity index (χ0) is 13.1. The molecule has 17 heavy (non-hydrogen) atoms. The predicted molar refractivity (Wildman–Crippen MR) is 68.9 cm³/mol. The quantitative estimate of drug-likeness (QED) is 0.304. The van der Waals surface area contributed by atoms with E-state index in [0.717, 1.165) is 31.2 Å². The average molecular weight is 271 g/mol. The first-order chi connectivity index (χ1) is 8.02. The highest BCUT2D eigenvalue weighted by atomic mass is 32.2. The maximum atomic E-state index is 12.5. The minimum absolute atomic E-state index is 0.121. The van der Waals surface area contributed by atoms with Gasteiger partial charge in [-0.2, -0.15) is 17.5 Å². The number of rotatable bonds is 10. The molecule has 0 heterocycles. The van der Waals surface area contributed by atoms with Crippen LogP contribution >= 0.6 is 11.9 Å². The molecule has 0 N–H and O–H groups in total. The Kier molecular flexibility index (Phi) is 10.1. The van der Waals surface area contributed by atoms with Crippen LogP contribution < -0.4 is 0 Å². The molecule has 0 unspecified atom stereocenters. The summed E-state index contributed by atoms with van der Waals surface area (Å²) in [7, 11) is 0. The minimum Gasteiger partial charge on any atom is -0.159 e. The van der Waals surface area contributed by atoms with Gasteiger partial charge in [0, 0.05) is 12.3 Å². The van der Waals surface area contributed by atoms with Crippen molar-refractivity contribution in [1.29, 1.82) is 0 Å². The fourth-order valence-corrected chi connectivity index (χ4v) is 2.35. The summed E-state index contributed by atoms with van der Waals surface area (Å²) < 4.78 is 38.0. The summed E-state index contributed by atoms with van der Waals surface area (Å²) in [6.07, 6.45) is 3.21. The Hall–Kier alpha value is 0.100. The summed E-state index contributed by atoms with van der Waals surface area (Å²) >= 11 is 0.864. The molecule has 0 aliphatic carbocycles. The third-order valence-corrected chi connectivity index (χ3v) is 3.49. The second kappa shape index (κ2) is 10.1. The van der Waals surface area contributed by atoms with Gasteiger partial charge in [-0.15, -0.1) is 0 Å². The van der Waals surface area contributed by atoms with Crippen LogP contribution in [-0.4, -0.2) is 22.9 Å². The van der Waals surface area contributed by atoms with Crippen LogP contribution in [0.2, 0.25) is 0 Å². The van der Waals surface area contributed by atoms with E-state index in [2.05, 4.69) is 6.92 Å². The maximum absolute atomic E-state index is 12.5.